The van der Waals surface area contributed by atoms with Crippen molar-refractivity contribution in [3.63, 3.8) is 0 Å². The van der Waals surface area contributed by atoms with Crippen LogP contribution < -0.4 is 5.48 Å². The van der Waals surface area contributed by atoms with Crippen LogP contribution in [0.15, 0.2) is 11.6 Å². The maximum absolute atomic E-state index is 4.58. The lowest BCUT2D eigenvalue weighted by Gasteiger charge is -1.92. The fourth-order valence-electron chi connectivity index (χ4n) is 0.361. The normalized spacial score (nSPS) is 9.12. The summed E-state index contributed by atoms with van der Waals surface area (Å²) in [4.78, 5) is 8.47. The molecule has 0 aliphatic heterocycles. The molecule has 3 nitrogen and oxygen atoms in total. The highest BCUT2D eigenvalue weighted by Crippen LogP contribution is 2.08. The van der Waals surface area contributed by atoms with E-state index in [1.807, 2.05) is 5.38 Å². The van der Waals surface area contributed by atoms with Crippen molar-refractivity contribution in [1.29, 1.82) is 0 Å². The van der Waals surface area contributed by atoms with Gasteiger partial charge in [0.25, 0.3) is 0 Å². The fourth-order valence-corrected chi connectivity index (χ4v) is 0.865. The van der Waals surface area contributed by atoms with Gasteiger partial charge in [0.2, 0.25) is 5.13 Å². The molecule has 0 aromatic carbocycles. The Bertz CT molecular complexity index is 140. The van der Waals surface area contributed by atoms with Crippen LogP contribution in [-0.4, -0.2) is 12.1 Å². The van der Waals surface area contributed by atoms with Crippen LogP contribution in [0.4, 0.5) is 5.13 Å². The Morgan fingerprint density at radius 3 is 3.25 bits per heavy atom. The van der Waals surface area contributed by atoms with Crippen LogP contribution in [0.25, 0.3) is 0 Å². The van der Waals surface area contributed by atoms with Crippen LogP contribution in [-0.2, 0) is 4.84 Å². The summed E-state index contributed by atoms with van der Waals surface area (Å²) < 4.78 is 0. The average Bonchev–Trinajstić information content (AvgIpc) is 2.19. The van der Waals surface area contributed by atoms with E-state index in [2.05, 4.69) is 15.3 Å². The number of rotatable bonds is 2. The van der Waals surface area contributed by atoms with Gasteiger partial charge in [-0.25, -0.2) is 10.5 Å². The Balaban J connectivity index is 2.50. The summed E-state index contributed by atoms with van der Waals surface area (Å²) in [5, 5.41) is 2.66. The van der Waals surface area contributed by atoms with E-state index in [0.29, 0.717) is 0 Å². The van der Waals surface area contributed by atoms with E-state index in [1.165, 1.54) is 11.3 Å². The molecule has 0 saturated heterocycles. The van der Waals surface area contributed by atoms with E-state index in [-0.39, 0.29) is 0 Å². The lowest BCUT2D eigenvalue weighted by atomic mass is 11.0. The molecule has 0 fully saturated rings. The van der Waals surface area contributed by atoms with Gasteiger partial charge in [-0.1, -0.05) is 0 Å². The molecule has 0 aliphatic rings. The molecular weight excluding hydrogens is 124 g/mol. The van der Waals surface area contributed by atoms with Crippen LogP contribution in [0.3, 0.4) is 0 Å². The minimum absolute atomic E-state index is 0.785. The molecule has 1 aromatic rings. The van der Waals surface area contributed by atoms with Crippen molar-refractivity contribution in [2.45, 2.75) is 0 Å². The van der Waals surface area contributed by atoms with E-state index in [1.54, 1.807) is 13.3 Å². The molecule has 8 heavy (non-hydrogen) atoms. The van der Waals surface area contributed by atoms with Gasteiger partial charge >= 0.3 is 0 Å². The van der Waals surface area contributed by atoms with Gasteiger partial charge in [0.1, 0.15) is 0 Å². The second-order valence-corrected chi connectivity index (χ2v) is 2.04. The Hall–Kier alpha value is -0.610. The van der Waals surface area contributed by atoms with Crippen LogP contribution in [0.1, 0.15) is 0 Å². The largest absolute Gasteiger partial charge is 0.277 e. The highest BCUT2D eigenvalue weighted by molar-refractivity contribution is 7.13. The number of hydrogen-bond acceptors (Lipinski definition) is 4. The predicted molar refractivity (Wildman–Crippen MR) is 32.7 cm³/mol. The van der Waals surface area contributed by atoms with Crippen LogP contribution in [0, 0.1) is 0 Å². The molecule has 1 heterocycles. The molecule has 44 valence electrons. The van der Waals surface area contributed by atoms with Crippen molar-refractivity contribution in [2.24, 2.45) is 0 Å². The number of thiazole rings is 1. The van der Waals surface area contributed by atoms with Crippen molar-refractivity contribution < 1.29 is 4.84 Å². The quantitative estimate of drug-likeness (QED) is 0.609. The summed E-state index contributed by atoms with van der Waals surface area (Å²) in [6.45, 7) is 0. The number of anilines is 1. The highest BCUT2D eigenvalue weighted by Gasteiger charge is 1.86. The first kappa shape index (κ1) is 5.53. The van der Waals surface area contributed by atoms with Crippen LogP contribution in [0.5, 0.6) is 0 Å². The van der Waals surface area contributed by atoms with Crippen LogP contribution >= 0.6 is 11.3 Å². The van der Waals surface area contributed by atoms with Gasteiger partial charge in [0, 0.05) is 11.6 Å². The van der Waals surface area contributed by atoms with E-state index in [4.69, 9.17) is 0 Å². The Morgan fingerprint density at radius 2 is 2.75 bits per heavy atom. The first-order valence-electron chi connectivity index (χ1n) is 2.12. The minimum atomic E-state index is 0.785. The molecular formula is C4H6N2OS. The molecule has 1 aromatic heterocycles. The first-order valence-corrected chi connectivity index (χ1v) is 3.00. The van der Waals surface area contributed by atoms with Gasteiger partial charge in [-0.2, -0.15) is 0 Å². The highest BCUT2D eigenvalue weighted by atomic mass is 32.1. The molecule has 1 rings (SSSR count). The molecule has 0 radical (unpaired) electrons. The zero-order chi connectivity index (χ0) is 5.82. The van der Waals surface area contributed by atoms with E-state index in [9.17, 15) is 0 Å². The predicted octanol–water partition coefficient (Wildman–Crippen LogP) is 1.12. The Labute approximate surface area is 51.3 Å². The molecule has 0 unspecified atom stereocenters. The number of nitrogens with one attached hydrogen (secondary N) is 1. The topological polar surface area (TPSA) is 34.1 Å². The zero-order valence-corrected chi connectivity index (χ0v) is 5.23. The monoisotopic (exact) mass is 130 g/mol. The zero-order valence-electron chi connectivity index (χ0n) is 4.42. The molecule has 0 bridgehead atoms. The van der Waals surface area contributed by atoms with E-state index < -0.39 is 0 Å². The maximum atomic E-state index is 4.58. The van der Waals surface area contributed by atoms with Crippen molar-refractivity contribution in [3.05, 3.63) is 11.6 Å². The summed E-state index contributed by atoms with van der Waals surface area (Å²) in [6, 6.07) is 0. The first-order chi connectivity index (χ1) is 3.93. The molecule has 4 heteroatoms. The summed E-state index contributed by atoms with van der Waals surface area (Å²) in [6.07, 6.45) is 1.71. The van der Waals surface area contributed by atoms with Gasteiger partial charge in [0.15, 0.2) is 0 Å². The SMILES string of the molecule is CONc1nccs1. The van der Waals surface area contributed by atoms with Crippen molar-refractivity contribution in [1.82, 2.24) is 4.98 Å². The Kier molecular flexibility index (Phi) is 1.82. The lowest BCUT2D eigenvalue weighted by Crippen LogP contribution is -1.92. The van der Waals surface area contributed by atoms with Crippen LogP contribution in [0.2, 0.25) is 0 Å². The minimum Gasteiger partial charge on any atom is -0.277 e. The van der Waals surface area contributed by atoms with Crippen molar-refractivity contribution in [3.8, 4) is 0 Å². The van der Waals surface area contributed by atoms with E-state index in [0.717, 1.165) is 5.13 Å². The molecule has 0 atom stereocenters. The van der Waals surface area contributed by atoms with Gasteiger partial charge in [-0.15, -0.1) is 11.3 Å². The Morgan fingerprint density at radius 1 is 1.88 bits per heavy atom. The molecule has 0 amide bonds. The summed E-state index contributed by atoms with van der Waals surface area (Å²) in [5.41, 5.74) is 2.59. The van der Waals surface area contributed by atoms with Gasteiger partial charge in [-0.3, -0.25) is 4.84 Å². The second kappa shape index (κ2) is 2.64. The van der Waals surface area contributed by atoms with Gasteiger partial charge in [0.05, 0.1) is 7.11 Å². The molecule has 0 saturated carbocycles. The molecule has 0 aliphatic carbocycles. The number of aromatic nitrogens is 1. The number of hydrogen-bond donors (Lipinski definition) is 1. The third-order valence-corrected chi connectivity index (χ3v) is 1.29. The van der Waals surface area contributed by atoms with Gasteiger partial charge in [-0.05, 0) is 0 Å². The number of nitrogens with zero attached hydrogens (tertiary/aromatic N) is 1. The average molecular weight is 130 g/mol. The molecule has 1 N–H and O–H groups in total. The van der Waals surface area contributed by atoms with Crippen molar-refractivity contribution in [2.75, 3.05) is 12.6 Å². The second-order valence-electron chi connectivity index (χ2n) is 1.14. The third kappa shape index (κ3) is 1.18. The third-order valence-electron chi connectivity index (χ3n) is 0.622. The summed E-state index contributed by atoms with van der Waals surface area (Å²) in [5.74, 6) is 0. The molecule has 0 spiro atoms. The van der Waals surface area contributed by atoms with Gasteiger partial charge < -0.3 is 0 Å². The summed E-state index contributed by atoms with van der Waals surface area (Å²) in [7, 11) is 1.56. The smallest absolute Gasteiger partial charge is 0.206 e. The maximum Gasteiger partial charge on any atom is 0.206 e. The standard InChI is InChI=1S/C4H6N2OS/c1-7-6-4-5-2-3-8-4/h2-3H,1H3,(H,5,6). The fraction of sp³-hybridized carbons (Fsp3) is 0.250. The summed E-state index contributed by atoms with van der Waals surface area (Å²) >= 11 is 1.50. The van der Waals surface area contributed by atoms with Crippen molar-refractivity contribution >= 4 is 16.5 Å². The lowest BCUT2D eigenvalue weighted by molar-refractivity contribution is 0.271. The van der Waals surface area contributed by atoms with E-state index >= 15 is 0 Å².